The smallest absolute Gasteiger partial charge is 0.357 e. The zero-order valence-electron chi connectivity index (χ0n) is 18.8. The van der Waals surface area contributed by atoms with Crippen LogP contribution in [0.5, 0.6) is 0 Å². The first-order valence-corrected chi connectivity index (χ1v) is 14.2. The maximum absolute atomic E-state index is 14.0. The van der Waals surface area contributed by atoms with Crippen molar-refractivity contribution in [2.45, 2.75) is 33.1 Å². The molecule has 1 unspecified atom stereocenters. The summed E-state index contributed by atoms with van der Waals surface area (Å²) < 4.78 is 29.8. The van der Waals surface area contributed by atoms with Gasteiger partial charge in [-0.15, -0.1) is 0 Å². The minimum absolute atomic E-state index is 0.292. The molecule has 33 heavy (non-hydrogen) atoms. The minimum atomic E-state index is -3.52. The molecule has 1 atom stereocenters. The Hall–Kier alpha value is -1.63. The highest BCUT2D eigenvalue weighted by atomic mass is 79.9. The predicted molar refractivity (Wildman–Crippen MR) is 144 cm³/mol. The van der Waals surface area contributed by atoms with Crippen LogP contribution < -0.4 is 5.32 Å². The standard InChI is InChI=1S/C25H27Br2N2O3P/c1-4-29-23-13-7-17(15-21(23)22-16-19(27)10-14-24(22)29)25(33(30,31-5-2)32-6-3)28-20-11-8-18(26)9-12-20/h7-16,25,28H,4-6H2,1-3H3. The molecule has 0 radical (unpaired) electrons. The summed E-state index contributed by atoms with van der Waals surface area (Å²) in [4.78, 5) is 0. The number of benzene rings is 3. The number of halogens is 2. The third kappa shape index (κ3) is 4.94. The third-order valence-corrected chi connectivity index (χ3v) is 8.88. The van der Waals surface area contributed by atoms with Gasteiger partial charge in [0.2, 0.25) is 0 Å². The van der Waals surface area contributed by atoms with Crippen LogP contribution in [0.3, 0.4) is 0 Å². The molecule has 0 saturated carbocycles. The van der Waals surface area contributed by atoms with E-state index in [1.165, 1.54) is 5.52 Å². The van der Waals surface area contributed by atoms with Crippen molar-refractivity contribution in [3.63, 3.8) is 0 Å². The Balaban J connectivity index is 1.90. The molecule has 174 valence electrons. The van der Waals surface area contributed by atoms with E-state index in [2.05, 4.69) is 79.0 Å². The van der Waals surface area contributed by atoms with Crippen molar-refractivity contribution < 1.29 is 13.6 Å². The van der Waals surface area contributed by atoms with Gasteiger partial charge in [0.15, 0.2) is 5.78 Å². The van der Waals surface area contributed by atoms with Crippen LogP contribution in [0.15, 0.2) is 69.6 Å². The van der Waals surface area contributed by atoms with E-state index in [0.717, 1.165) is 43.0 Å². The second kappa shape index (κ2) is 10.3. The average Bonchev–Trinajstić information content (AvgIpc) is 3.11. The summed E-state index contributed by atoms with van der Waals surface area (Å²) >= 11 is 7.08. The van der Waals surface area contributed by atoms with E-state index in [1.54, 1.807) is 0 Å². The van der Waals surface area contributed by atoms with E-state index in [1.807, 2.05) is 44.2 Å². The molecule has 5 nitrogen and oxygen atoms in total. The van der Waals surface area contributed by atoms with Crippen LogP contribution in [-0.2, 0) is 20.2 Å². The Morgan fingerprint density at radius 1 is 0.848 bits per heavy atom. The molecule has 4 aromatic rings. The highest BCUT2D eigenvalue weighted by Crippen LogP contribution is 2.61. The van der Waals surface area contributed by atoms with Crippen molar-refractivity contribution in [3.8, 4) is 0 Å². The SMILES string of the molecule is CCOP(=O)(OCC)C(Nc1ccc(Br)cc1)c1ccc2c(c1)c1cc(Br)ccc1n2CC. The zero-order chi connectivity index (χ0) is 23.6. The molecule has 0 aliphatic heterocycles. The van der Waals surface area contributed by atoms with E-state index in [9.17, 15) is 4.57 Å². The molecule has 0 fully saturated rings. The molecular formula is C25H27Br2N2O3P. The fourth-order valence-corrected chi connectivity index (χ4v) is 6.75. The van der Waals surface area contributed by atoms with Crippen molar-refractivity contribution in [1.82, 2.24) is 4.57 Å². The second-order valence-electron chi connectivity index (χ2n) is 7.61. The Labute approximate surface area is 211 Å². The summed E-state index contributed by atoms with van der Waals surface area (Å²) in [5.41, 5.74) is 4.00. The van der Waals surface area contributed by atoms with E-state index in [4.69, 9.17) is 9.05 Å². The van der Waals surface area contributed by atoms with Crippen LogP contribution in [0.1, 0.15) is 32.1 Å². The summed E-state index contributed by atoms with van der Waals surface area (Å²) in [6.07, 6.45) is 0. The molecule has 0 amide bonds. The first-order valence-electron chi connectivity index (χ1n) is 11.0. The quantitative estimate of drug-likeness (QED) is 0.197. The molecule has 1 N–H and O–H groups in total. The zero-order valence-corrected chi connectivity index (χ0v) is 22.9. The van der Waals surface area contributed by atoms with Gasteiger partial charge in [-0.05, 0) is 80.9 Å². The van der Waals surface area contributed by atoms with Gasteiger partial charge in [-0.1, -0.05) is 37.9 Å². The number of anilines is 1. The molecule has 0 spiro atoms. The van der Waals surface area contributed by atoms with E-state index >= 15 is 0 Å². The maximum Gasteiger partial charge on any atom is 0.357 e. The highest BCUT2D eigenvalue weighted by Gasteiger charge is 2.37. The lowest BCUT2D eigenvalue weighted by molar-refractivity contribution is 0.214. The number of hydrogen-bond donors (Lipinski definition) is 1. The molecular weight excluding hydrogens is 567 g/mol. The Morgan fingerprint density at radius 2 is 1.42 bits per heavy atom. The summed E-state index contributed by atoms with van der Waals surface area (Å²) in [5.74, 6) is -0.657. The Kier molecular flexibility index (Phi) is 7.66. The van der Waals surface area contributed by atoms with Gasteiger partial charge in [-0.25, -0.2) is 0 Å². The Morgan fingerprint density at radius 3 is 2.03 bits per heavy atom. The number of aryl methyl sites for hydroxylation is 1. The summed E-state index contributed by atoms with van der Waals surface area (Å²) in [5, 5.41) is 5.68. The van der Waals surface area contributed by atoms with Gasteiger partial charge in [0, 0.05) is 43.0 Å². The molecule has 0 bridgehead atoms. The van der Waals surface area contributed by atoms with Crippen molar-refractivity contribution >= 4 is 66.9 Å². The van der Waals surface area contributed by atoms with Gasteiger partial charge in [0.25, 0.3) is 0 Å². The fourth-order valence-electron chi connectivity index (χ4n) is 4.20. The number of rotatable bonds is 9. The number of hydrogen-bond acceptors (Lipinski definition) is 4. The molecule has 3 aromatic carbocycles. The normalized spacial score (nSPS) is 13.0. The molecule has 4 rings (SSSR count). The van der Waals surface area contributed by atoms with Crippen LogP contribution in [0, 0.1) is 0 Å². The molecule has 0 aliphatic rings. The Bertz CT molecular complexity index is 1310. The summed E-state index contributed by atoms with van der Waals surface area (Å²) in [6.45, 7) is 7.25. The molecule has 1 heterocycles. The van der Waals surface area contributed by atoms with E-state index in [-0.39, 0.29) is 0 Å². The van der Waals surface area contributed by atoms with Crippen molar-refractivity contribution in [2.75, 3.05) is 18.5 Å². The van der Waals surface area contributed by atoms with Gasteiger partial charge in [-0.2, -0.15) is 0 Å². The van der Waals surface area contributed by atoms with Crippen LogP contribution >= 0.6 is 39.5 Å². The molecule has 0 aliphatic carbocycles. The van der Waals surface area contributed by atoms with E-state index < -0.39 is 13.4 Å². The van der Waals surface area contributed by atoms with Crippen LogP contribution in [0.2, 0.25) is 0 Å². The van der Waals surface area contributed by atoms with Gasteiger partial charge in [0.1, 0.15) is 0 Å². The summed E-state index contributed by atoms with van der Waals surface area (Å²) in [6, 6.07) is 20.3. The fraction of sp³-hybridized carbons (Fsp3) is 0.280. The van der Waals surface area contributed by atoms with Crippen LogP contribution in [-0.4, -0.2) is 17.8 Å². The number of nitrogens with zero attached hydrogens (tertiary/aromatic N) is 1. The largest absolute Gasteiger partial charge is 0.368 e. The van der Waals surface area contributed by atoms with Gasteiger partial charge >= 0.3 is 7.60 Å². The number of nitrogens with one attached hydrogen (secondary N) is 1. The second-order valence-corrected chi connectivity index (χ2v) is 11.6. The molecule has 1 aromatic heterocycles. The molecule has 8 heteroatoms. The number of fused-ring (bicyclic) bond motifs is 3. The summed E-state index contributed by atoms with van der Waals surface area (Å²) in [7, 11) is -3.52. The first-order chi connectivity index (χ1) is 15.9. The van der Waals surface area contributed by atoms with Gasteiger partial charge < -0.3 is 18.9 Å². The topological polar surface area (TPSA) is 52.5 Å². The van der Waals surface area contributed by atoms with Crippen molar-refractivity contribution in [1.29, 1.82) is 0 Å². The first kappa shape index (κ1) is 24.5. The maximum atomic E-state index is 14.0. The van der Waals surface area contributed by atoms with Crippen LogP contribution in [0.25, 0.3) is 21.8 Å². The minimum Gasteiger partial charge on any atom is -0.368 e. The van der Waals surface area contributed by atoms with Crippen molar-refractivity contribution in [3.05, 3.63) is 75.2 Å². The lowest BCUT2D eigenvalue weighted by atomic mass is 10.1. The predicted octanol–water partition coefficient (Wildman–Crippen LogP) is 8.72. The highest BCUT2D eigenvalue weighted by molar-refractivity contribution is 9.10. The average molecular weight is 594 g/mol. The van der Waals surface area contributed by atoms with E-state index in [0.29, 0.717) is 13.2 Å². The third-order valence-electron chi connectivity index (χ3n) is 5.56. The van der Waals surface area contributed by atoms with Crippen molar-refractivity contribution in [2.24, 2.45) is 0 Å². The molecule has 0 saturated heterocycles. The number of aromatic nitrogens is 1. The monoisotopic (exact) mass is 592 g/mol. The van der Waals surface area contributed by atoms with Gasteiger partial charge in [-0.3, -0.25) is 4.57 Å². The lowest BCUT2D eigenvalue weighted by Gasteiger charge is -2.28. The van der Waals surface area contributed by atoms with Gasteiger partial charge in [0.05, 0.1) is 13.2 Å². The van der Waals surface area contributed by atoms with Crippen LogP contribution in [0.4, 0.5) is 5.69 Å². The lowest BCUT2D eigenvalue weighted by Crippen LogP contribution is -2.15.